The molecule has 2 fully saturated rings. The molecule has 13 nitrogen and oxygen atoms in total. The molecular weight excluding hydrogens is 444 g/mol. The van der Waals surface area contributed by atoms with Gasteiger partial charge in [0.05, 0.1) is 4.92 Å². The van der Waals surface area contributed by atoms with E-state index in [-0.39, 0.29) is 24.3 Å². The van der Waals surface area contributed by atoms with Crippen LogP contribution in [-0.4, -0.2) is 89.9 Å². The van der Waals surface area contributed by atoms with Crippen molar-refractivity contribution in [1.82, 2.24) is 25.1 Å². The Bertz CT molecular complexity index is 1080. The zero-order chi connectivity index (χ0) is 23.5. The number of nitrogens with one attached hydrogen (secondary N) is 2. The number of nitro groups is 1. The van der Waals surface area contributed by atoms with Crippen molar-refractivity contribution in [3.05, 3.63) is 40.2 Å². The molecule has 2 saturated heterocycles. The van der Waals surface area contributed by atoms with Gasteiger partial charge >= 0.3 is 11.7 Å². The number of hydrogen-bond acceptors (Lipinski definition) is 10. The smallest absolute Gasteiger partial charge is 0.353 e. The van der Waals surface area contributed by atoms with Crippen LogP contribution < -0.4 is 25.0 Å². The van der Waals surface area contributed by atoms with Crippen molar-refractivity contribution < 1.29 is 19.2 Å². The van der Waals surface area contributed by atoms with Crippen molar-refractivity contribution in [1.29, 1.82) is 0 Å². The Hall–Kier alpha value is -3.87. The van der Waals surface area contributed by atoms with Gasteiger partial charge in [0.25, 0.3) is 0 Å². The highest BCUT2D eigenvalue weighted by atomic mass is 16.7. The van der Waals surface area contributed by atoms with Gasteiger partial charge in [-0.3, -0.25) is 15.0 Å². The van der Waals surface area contributed by atoms with Crippen molar-refractivity contribution in [3.63, 3.8) is 0 Å². The van der Waals surface area contributed by atoms with Crippen LogP contribution in [0.5, 0.6) is 11.5 Å². The van der Waals surface area contributed by atoms with E-state index in [1.165, 1.54) is 6.33 Å². The van der Waals surface area contributed by atoms with Gasteiger partial charge in [0.1, 0.15) is 6.33 Å². The Kier molecular flexibility index (Phi) is 6.16. The molecule has 0 aliphatic carbocycles. The SMILES string of the molecule is O=C1NCCN1CCNc1ncnc(N2CCN(Cc3ccc4c(c3)OCO4)CC2)c1[N+](=O)[O-]. The van der Waals surface area contributed by atoms with Crippen molar-refractivity contribution in [2.45, 2.75) is 6.54 Å². The Morgan fingerprint density at radius 3 is 2.71 bits per heavy atom. The van der Waals surface area contributed by atoms with Gasteiger partial charge in [-0.25, -0.2) is 14.8 Å². The van der Waals surface area contributed by atoms with Gasteiger partial charge in [0, 0.05) is 58.9 Å². The van der Waals surface area contributed by atoms with E-state index in [1.54, 1.807) is 4.90 Å². The molecule has 3 aliphatic heterocycles. The summed E-state index contributed by atoms with van der Waals surface area (Å²) in [7, 11) is 0. The molecule has 0 saturated carbocycles. The summed E-state index contributed by atoms with van der Waals surface area (Å²) in [5.74, 6) is 2.00. The molecule has 2 amide bonds. The second-order valence-electron chi connectivity index (χ2n) is 8.25. The number of aromatic nitrogens is 2. The van der Waals surface area contributed by atoms with Gasteiger partial charge < -0.3 is 29.9 Å². The molecule has 5 rings (SSSR count). The molecule has 0 unspecified atom stereocenters. The fourth-order valence-corrected chi connectivity index (χ4v) is 4.35. The van der Waals surface area contributed by atoms with E-state index in [9.17, 15) is 14.9 Å². The lowest BCUT2D eigenvalue weighted by molar-refractivity contribution is -0.383. The molecular formula is C21H26N8O5. The highest BCUT2D eigenvalue weighted by Crippen LogP contribution is 2.34. The van der Waals surface area contributed by atoms with Crippen LogP contribution in [-0.2, 0) is 6.54 Å². The van der Waals surface area contributed by atoms with E-state index < -0.39 is 4.92 Å². The third kappa shape index (κ3) is 4.59. The number of carbonyl (C=O) groups is 1. The minimum Gasteiger partial charge on any atom is -0.454 e. The minimum atomic E-state index is -0.445. The molecule has 34 heavy (non-hydrogen) atoms. The number of nitrogens with zero attached hydrogens (tertiary/aromatic N) is 6. The summed E-state index contributed by atoms with van der Waals surface area (Å²) in [6.07, 6.45) is 1.34. The summed E-state index contributed by atoms with van der Waals surface area (Å²) in [6.45, 7) is 5.71. The standard InChI is InChI=1S/C21H26N8O5/c30-21-23-4-6-28(21)5-3-22-19-18(29(31)32)20(25-13-24-19)27-9-7-26(8-10-27)12-15-1-2-16-17(11-15)34-14-33-16/h1-2,11,13H,3-10,12,14H2,(H,23,30)(H,22,24,25). The Balaban J connectivity index is 1.21. The number of hydrogen-bond donors (Lipinski definition) is 2. The van der Waals surface area contributed by atoms with E-state index >= 15 is 0 Å². The van der Waals surface area contributed by atoms with Gasteiger partial charge in [-0.1, -0.05) is 6.07 Å². The first-order valence-corrected chi connectivity index (χ1v) is 11.2. The van der Waals surface area contributed by atoms with E-state index in [2.05, 4.69) is 25.5 Å². The van der Waals surface area contributed by atoms with Crippen LogP contribution in [0.15, 0.2) is 24.5 Å². The van der Waals surface area contributed by atoms with Crippen LogP contribution in [0.3, 0.4) is 0 Å². The highest BCUT2D eigenvalue weighted by Gasteiger charge is 2.29. The summed E-state index contributed by atoms with van der Waals surface area (Å²) in [5.41, 5.74) is 0.987. The number of benzene rings is 1. The second-order valence-corrected chi connectivity index (χ2v) is 8.25. The highest BCUT2D eigenvalue weighted by molar-refractivity contribution is 5.76. The third-order valence-corrected chi connectivity index (χ3v) is 6.12. The number of piperazine rings is 1. The number of rotatable bonds is 8. The fraction of sp³-hybridized carbons (Fsp3) is 0.476. The van der Waals surface area contributed by atoms with Gasteiger partial charge in [-0.05, 0) is 17.7 Å². The van der Waals surface area contributed by atoms with Crippen molar-refractivity contribution in [2.75, 3.05) is 69.4 Å². The molecule has 180 valence electrons. The molecule has 1 aromatic carbocycles. The summed E-state index contributed by atoms with van der Waals surface area (Å²) in [6, 6.07) is 5.81. The Morgan fingerprint density at radius 1 is 1.12 bits per heavy atom. The largest absolute Gasteiger partial charge is 0.454 e. The molecule has 2 N–H and O–H groups in total. The molecule has 0 atom stereocenters. The maximum atomic E-state index is 11.9. The first-order valence-electron chi connectivity index (χ1n) is 11.2. The number of anilines is 2. The molecule has 4 heterocycles. The molecule has 1 aromatic heterocycles. The lowest BCUT2D eigenvalue weighted by atomic mass is 10.1. The van der Waals surface area contributed by atoms with Crippen LogP contribution in [0, 0.1) is 10.1 Å². The number of ether oxygens (including phenoxy) is 2. The van der Waals surface area contributed by atoms with E-state index in [1.807, 2.05) is 23.1 Å². The Labute approximate surface area is 195 Å². The number of amides is 2. The Morgan fingerprint density at radius 2 is 1.94 bits per heavy atom. The normalized spacial score (nSPS) is 17.7. The average molecular weight is 470 g/mol. The molecule has 0 bridgehead atoms. The van der Waals surface area contributed by atoms with Crippen LogP contribution in [0.1, 0.15) is 5.56 Å². The molecule has 0 radical (unpaired) electrons. The second kappa shape index (κ2) is 9.55. The van der Waals surface area contributed by atoms with Gasteiger partial charge in [-0.15, -0.1) is 0 Å². The zero-order valence-corrected chi connectivity index (χ0v) is 18.6. The topological polar surface area (TPSA) is 138 Å². The third-order valence-electron chi connectivity index (χ3n) is 6.12. The van der Waals surface area contributed by atoms with Gasteiger partial charge in [-0.2, -0.15) is 0 Å². The number of urea groups is 1. The average Bonchev–Trinajstić information content (AvgIpc) is 3.47. The zero-order valence-electron chi connectivity index (χ0n) is 18.6. The van der Waals surface area contributed by atoms with Crippen LogP contribution in [0.2, 0.25) is 0 Å². The van der Waals surface area contributed by atoms with E-state index in [4.69, 9.17) is 9.47 Å². The summed E-state index contributed by atoms with van der Waals surface area (Å²) in [5, 5.41) is 17.6. The summed E-state index contributed by atoms with van der Waals surface area (Å²) in [4.78, 5) is 37.3. The fourth-order valence-electron chi connectivity index (χ4n) is 4.35. The van der Waals surface area contributed by atoms with E-state index in [0.717, 1.165) is 36.7 Å². The lowest BCUT2D eigenvalue weighted by Gasteiger charge is -2.35. The maximum Gasteiger partial charge on any atom is 0.353 e. The first kappa shape index (κ1) is 21.9. The maximum absolute atomic E-state index is 11.9. The van der Waals surface area contributed by atoms with E-state index in [0.29, 0.717) is 45.1 Å². The molecule has 3 aliphatic rings. The molecule has 2 aromatic rings. The molecule has 0 spiro atoms. The summed E-state index contributed by atoms with van der Waals surface area (Å²) < 4.78 is 10.8. The minimum absolute atomic E-state index is 0.127. The number of fused-ring (bicyclic) bond motifs is 1. The van der Waals surface area contributed by atoms with Crippen LogP contribution >= 0.6 is 0 Å². The van der Waals surface area contributed by atoms with Crippen molar-refractivity contribution in [2.24, 2.45) is 0 Å². The monoisotopic (exact) mass is 470 g/mol. The predicted molar refractivity (Wildman–Crippen MR) is 122 cm³/mol. The van der Waals surface area contributed by atoms with Crippen LogP contribution in [0.25, 0.3) is 0 Å². The van der Waals surface area contributed by atoms with Gasteiger partial charge in [0.15, 0.2) is 11.5 Å². The summed E-state index contributed by atoms with van der Waals surface area (Å²) >= 11 is 0. The molecule has 13 heteroatoms. The lowest BCUT2D eigenvalue weighted by Crippen LogP contribution is -2.46. The van der Waals surface area contributed by atoms with Crippen molar-refractivity contribution in [3.8, 4) is 11.5 Å². The first-order chi connectivity index (χ1) is 16.6. The quantitative estimate of drug-likeness (QED) is 0.422. The van der Waals surface area contributed by atoms with Crippen LogP contribution in [0.4, 0.5) is 22.1 Å². The van der Waals surface area contributed by atoms with Gasteiger partial charge in [0.2, 0.25) is 18.4 Å². The predicted octanol–water partition coefficient (Wildman–Crippen LogP) is 0.873. The number of carbonyl (C=O) groups excluding carboxylic acids is 1. The van der Waals surface area contributed by atoms with Crippen molar-refractivity contribution >= 4 is 23.4 Å².